The van der Waals surface area contributed by atoms with Crippen LogP contribution in [0.5, 0.6) is 11.5 Å². The predicted octanol–water partition coefficient (Wildman–Crippen LogP) is 2.21. The first-order valence-corrected chi connectivity index (χ1v) is 6.91. The lowest BCUT2D eigenvalue weighted by Crippen LogP contribution is -2.39. The van der Waals surface area contributed by atoms with Crippen molar-refractivity contribution in [3.05, 3.63) is 22.7 Å². The van der Waals surface area contributed by atoms with Crippen molar-refractivity contribution in [2.24, 2.45) is 5.92 Å². The van der Waals surface area contributed by atoms with E-state index in [1.54, 1.807) is 12.1 Å². The number of carbonyl (C=O) groups is 1. The summed E-state index contributed by atoms with van der Waals surface area (Å²) in [6, 6.07) is 3.08. The Kier molecular flexibility index (Phi) is 4.73. The summed E-state index contributed by atoms with van der Waals surface area (Å²) in [5, 5.41) is 12.3. The van der Waals surface area contributed by atoms with E-state index in [0.717, 1.165) is 0 Å². The fraction of sp³-hybridized carbons (Fsp3) is 0.500. The van der Waals surface area contributed by atoms with Crippen molar-refractivity contribution < 1.29 is 19.4 Å². The molecule has 0 saturated carbocycles. The number of nitrogens with one attached hydrogen (secondary N) is 1. The standard InChI is InChI=1S/C14H18ClNO4/c1-8(2)11(3-4-17)16-14(18)9-5-10(15)13-12(6-9)19-7-20-13/h5-6,8,11,17H,3-4,7H2,1-2H3,(H,16,18). The SMILES string of the molecule is CC(C)C(CCO)NC(=O)c1cc(Cl)c2c(c1)OCO2. The molecule has 1 aliphatic heterocycles. The second-order valence-electron chi connectivity index (χ2n) is 5.03. The van der Waals surface area contributed by atoms with E-state index in [9.17, 15) is 4.79 Å². The maximum Gasteiger partial charge on any atom is 0.251 e. The van der Waals surface area contributed by atoms with Gasteiger partial charge in [-0.2, -0.15) is 0 Å². The van der Waals surface area contributed by atoms with Gasteiger partial charge in [0.25, 0.3) is 5.91 Å². The predicted molar refractivity (Wildman–Crippen MR) is 75.4 cm³/mol. The van der Waals surface area contributed by atoms with Gasteiger partial charge in [0, 0.05) is 18.2 Å². The van der Waals surface area contributed by atoms with Crippen molar-refractivity contribution in [1.82, 2.24) is 5.32 Å². The Labute approximate surface area is 122 Å². The Hall–Kier alpha value is -1.46. The van der Waals surface area contributed by atoms with Crippen molar-refractivity contribution in [3.8, 4) is 11.5 Å². The first kappa shape index (κ1) is 14.9. The Bertz CT molecular complexity index is 504. The maximum atomic E-state index is 12.2. The van der Waals surface area contributed by atoms with Crippen molar-refractivity contribution in [1.29, 1.82) is 0 Å². The van der Waals surface area contributed by atoms with Gasteiger partial charge in [-0.1, -0.05) is 25.4 Å². The minimum atomic E-state index is -0.239. The number of hydrogen-bond donors (Lipinski definition) is 2. The fourth-order valence-corrected chi connectivity index (χ4v) is 2.33. The summed E-state index contributed by atoms with van der Waals surface area (Å²) < 4.78 is 10.4. The van der Waals surface area contributed by atoms with Crippen LogP contribution < -0.4 is 14.8 Å². The van der Waals surface area contributed by atoms with Crippen LogP contribution in [-0.2, 0) is 0 Å². The van der Waals surface area contributed by atoms with Gasteiger partial charge in [0.2, 0.25) is 6.79 Å². The number of fused-ring (bicyclic) bond motifs is 1. The highest BCUT2D eigenvalue weighted by molar-refractivity contribution is 6.32. The molecule has 0 saturated heterocycles. The van der Waals surface area contributed by atoms with E-state index in [-0.39, 0.29) is 31.3 Å². The summed E-state index contributed by atoms with van der Waals surface area (Å²) in [7, 11) is 0. The minimum Gasteiger partial charge on any atom is -0.454 e. The molecule has 1 aliphatic rings. The van der Waals surface area contributed by atoms with Gasteiger partial charge in [0.15, 0.2) is 11.5 Å². The molecule has 0 bridgehead atoms. The molecule has 1 unspecified atom stereocenters. The van der Waals surface area contributed by atoms with Crippen LogP contribution in [0.3, 0.4) is 0 Å². The number of amides is 1. The summed E-state index contributed by atoms with van der Waals surface area (Å²) in [6.45, 7) is 4.13. The second-order valence-corrected chi connectivity index (χ2v) is 5.44. The summed E-state index contributed by atoms with van der Waals surface area (Å²) in [4.78, 5) is 12.2. The quantitative estimate of drug-likeness (QED) is 0.875. The molecule has 5 nitrogen and oxygen atoms in total. The third kappa shape index (κ3) is 3.16. The van der Waals surface area contributed by atoms with Crippen LogP contribution in [0.1, 0.15) is 30.6 Å². The van der Waals surface area contributed by atoms with Gasteiger partial charge in [0.05, 0.1) is 5.02 Å². The van der Waals surface area contributed by atoms with Crippen molar-refractivity contribution in [3.63, 3.8) is 0 Å². The van der Waals surface area contributed by atoms with E-state index in [2.05, 4.69) is 5.32 Å². The van der Waals surface area contributed by atoms with Crippen molar-refractivity contribution in [2.75, 3.05) is 13.4 Å². The second kappa shape index (κ2) is 6.33. The molecular weight excluding hydrogens is 282 g/mol. The number of aliphatic hydroxyl groups is 1. The summed E-state index contributed by atoms with van der Waals surface area (Å²) >= 11 is 6.05. The molecule has 1 heterocycles. The topological polar surface area (TPSA) is 67.8 Å². The Morgan fingerprint density at radius 3 is 2.85 bits per heavy atom. The van der Waals surface area contributed by atoms with Gasteiger partial charge in [-0.05, 0) is 24.5 Å². The van der Waals surface area contributed by atoms with E-state index in [0.29, 0.717) is 28.5 Å². The smallest absolute Gasteiger partial charge is 0.251 e. The number of hydrogen-bond acceptors (Lipinski definition) is 4. The van der Waals surface area contributed by atoms with Crippen LogP contribution in [-0.4, -0.2) is 30.5 Å². The number of benzene rings is 1. The molecular formula is C14H18ClNO4. The summed E-state index contributed by atoms with van der Waals surface area (Å²) in [5.74, 6) is 0.942. The molecule has 1 aromatic rings. The lowest BCUT2D eigenvalue weighted by Gasteiger charge is -2.21. The lowest BCUT2D eigenvalue weighted by molar-refractivity contribution is 0.0916. The Balaban J connectivity index is 2.15. The third-order valence-corrected chi connectivity index (χ3v) is 3.53. The van der Waals surface area contributed by atoms with Crippen molar-refractivity contribution in [2.45, 2.75) is 26.3 Å². The summed E-state index contributed by atoms with van der Waals surface area (Å²) in [5.41, 5.74) is 0.419. The first-order valence-electron chi connectivity index (χ1n) is 6.53. The highest BCUT2D eigenvalue weighted by atomic mass is 35.5. The van der Waals surface area contributed by atoms with E-state index in [1.807, 2.05) is 13.8 Å². The summed E-state index contributed by atoms with van der Waals surface area (Å²) in [6.07, 6.45) is 0.516. The van der Waals surface area contributed by atoms with E-state index in [1.165, 1.54) is 0 Å². The van der Waals surface area contributed by atoms with Gasteiger partial charge in [0.1, 0.15) is 0 Å². The largest absolute Gasteiger partial charge is 0.454 e. The average molecular weight is 300 g/mol. The van der Waals surface area contributed by atoms with E-state index >= 15 is 0 Å². The highest BCUT2D eigenvalue weighted by Gasteiger charge is 2.22. The monoisotopic (exact) mass is 299 g/mol. The molecule has 110 valence electrons. The zero-order chi connectivity index (χ0) is 14.7. The van der Waals surface area contributed by atoms with Crippen LogP contribution in [0.4, 0.5) is 0 Å². The Morgan fingerprint density at radius 1 is 1.45 bits per heavy atom. The van der Waals surface area contributed by atoms with Gasteiger partial charge in [-0.15, -0.1) is 0 Å². The highest BCUT2D eigenvalue weighted by Crippen LogP contribution is 2.39. The van der Waals surface area contributed by atoms with Gasteiger partial charge in [-0.3, -0.25) is 4.79 Å². The minimum absolute atomic E-state index is 0.0328. The number of rotatable bonds is 5. The van der Waals surface area contributed by atoms with E-state index in [4.69, 9.17) is 26.2 Å². The number of carbonyl (C=O) groups excluding carboxylic acids is 1. The Morgan fingerprint density at radius 2 is 2.20 bits per heavy atom. The molecule has 1 aromatic carbocycles. The van der Waals surface area contributed by atoms with Crippen LogP contribution in [0.2, 0.25) is 5.02 Å². The molecule has 0 aromatic heterocycles. The average Bonchev–Trinajstić information content (AvgIpc) is 2.86. The zero-order valence-corrected chi connectivity index (χ0v) is 12.2. The number of ether oxygens (including phenoxy) is 2. The van der Waals surface area contributed by atoms with Crippen LogP contribution >= 0.6 is 11.6 Å². The normalized spacial score (nSPS) is 14.4. The third-order valence-electron chi connectivity index (χ3n) is 3.25. The molecule has 20 heavy (non-hydrogen) atoms. The molecule has 0 fully saturated rings. The van der Waals surface area contributed by atoms with Crippen LogP contribution in [0.15, 0.2) is 12.1 Å². The van der Waals surface area contributed by atoms with Crippen LogP contribution in [0, 0.1) is 5.92 Å². The van der Waals surface area contributed by atoms with Crippen LogP contribution in [0.25, 0.3) is 0 Å². The fourth-order valence-electron chi connectivity index (χ4n) is 2.06. The lowest BCUT2D eigenvalue weighted by atomic mass is 10.0. The van der Waals surface area contributed by atoms with Gasteiger partial charge >= 0.3 is 0 Å². The first-order chi connectivity index (χ1) is 9.52. The maximum absolute atomic E-state index is 12.2. The molecule has 1 atom stereocenters. The molecule has 6 heteroatoms. The molecule has 0 radical (unpaired) electrons. The number of aliphatic hydroxyl groups excluding tert-OH is 1. The molecule has 2 rings (SSSR count). The molecule has 0 spiro atoms. The molecule has 1 amide bonds. The zero-order valence-electron chi connectivity index (χ0n) is 11.5. The molecule has 0 aliphatic carbocycles. The van der Waals surface area contributed by atoms with E-state index < -0.39 is 0 Å². The number of halogens is 1. The van der Waals surface area contributed by atoms with Crippen molar-refractivity contribution >= 4 is 17.5 Å². The van der Waals surface area contributed by atoms with Gasteiger partial charge < -0.3 is 19.9 Å². The molecule has 2 N–H and O–H groups in total. The van der Waals surface area contributed by atoms with Gasteiger partial charge in [-0.25, -0.2) is 0 Å².